The van der Waals surface area contributed by atoms with E-state index in [0.717, 1.165) is 45.8 Å². The van der Waals surface area contributed by atoms with Crippen LogP contribution in [0.25, 0.3) is 10.9 Å². The summed E-state index contributed by atoms with van der Waals surface area (Å²) in [4.78, 5) is 18.6. The minimum Gasteiger partial charge on any atom is -0.357 e. The number of nitrogens with one attached hydrogen (secondary N) is 1. The first-order valence-corrected chi connectivity index (χ1v) is 9.80. The van der Waals surface area contributed by atoms with E-state index in [1.165, 1.54) is 5.56 Å². The van der Waals surface area contributed by atoms with Crippen LogP contribution in [0.2, 0.25) is 5.02 Å². The van der Waals surface area contributed by atoms with E-state index in [9.17, 15) is 4.79 Å². The van der Waals surface area contributed by atoms with Crippen LogP contribution in [0.3, 0.4) is 0 Å². The van der Waals surface area contributed by atoms with E-state index in [2.05, 4.69) is 41.9 Å². The second-order valence-corrected chi connectivity index (χ2v) is 8.23. The summed E-state index contributed by atoms with van der Waals surface area (Å²) in [6.45, 7) is 10.9. The van der Waals surface area contributed by atoms with Gasteiger partial charge in [-0.25, -0.2) is 0 Å². The largest absolute Gasteiger partial charge is 0.357 e. The zero-order chi connectivity index (χ0) is 19.6. The Morgan fingerprint density at radius 2 is 1.67 bits per heavy atom. The summed E-state index contributed by atoms with van der Waals surface area (Å²) < 4.78 is 0. The summed E-state index contributed by atoms with van der Waals surface area (Å²) in [6.07, 6.45) is 0. The minimum absolute atomic E-state index is 0.0935. The van der Waals surface area contributed by atoms with Crippen LogP contribution in [0.5, 0.6) is 0 Å². The van der Waals surface area contributed by atoms with E-state index in [0.29, 0.717) is 12.5 Å². The van der Waals surface area contributed by atoms with Crippen LogP contribution in [0.4, 0.5) is 0 Å². The molecular weight excluding hydrogens is 356 g/mol. The first kappa shape index (κ1) is 19.7. The quantitative estimate of drug-likeness (QED) is 0.614. The van der Waals surface area contributed by atoms with Gasteiger partial charge in [0.05, 0.1) is 5.52 Å². The maximum atomic E-state index is 12.7. The Morgan fingerprint density at radius 1 is 1.00 bits per heavy atom. The summed E-state index contributed by atoms with van der Waals surface area (Å²) in [7, 11) is 0. The molecule has 27 heavy (non-hydrogen) atoms. The molecule has 0 aliphatic heterocycles. The third kappa shape index (κ3) is 4.79. The van der Waals surface area contributed by atoms with Crippen molar-refractivity contribution in [1.82, 2.24) is 9.88 Å². The fourth-order valence-electron chi connectivity index (χ4n) is 3.59. The fraction of sp³-hybridized carbons (Fsp3) is 0.348. The van der Waals surface area contributed by atoms with Gasteiger partial charge in [-0.15, -0.1) is 0 Å². The molecule has 0 saturated heterocycles. The summed E-state index contributed by atoms with van der Waals surface area (Å²) in [5, 5.41) is 1.55. The van der Waals surface area contributed by atoms with Gasteiger partial charge in [-0.05, 0) is 48.6 Å². The van der Waals surface area contributed by atoms with Crippen molar-refractivity contribution >= 4 is 22.5 Å². The molecule has 3 rings (SSSR count). The van der Waals surface area contributed by atoms with E-state index >= 15 is 0 Å². The summed E-state index contributed by atoms with van der Waals surface area (Å²) in [5.41, 5.74) is 5.33. The number of halogens is 1. The average molecular weight is 383 g/mol. The molecule has 1 N–H and O–H groups in total. The number of rotatable bonds is 6. The summed E-state index contributed by atoms with van der Waals surface area (Å²) in [5.74, 6) is 0.536. The van der Waals surface area contributed by atoms with E-state index in [4.69, 9.17) is 11.6 Å². The molecule has 0 aliphatic rings. The Bertz CT molecular complexity index is 990. The van der Waals surface area contributed by atoms with Gasteiger partial charge in [-0.3, -0.25) is 9.69 Å². The molecule has 0 spiro atoms. The van der Waals surface area contributed by atoms with Gasteiger partial charge in [0.1, 0.15) is 0 Å². The monoisotopic (exact) mass is 382 g/mol. The number of aromatic amines is 1. The molecule has 1 aromatic heterocycles. The van der Waals surface area contributed by atoms with Gasteiger partial charge in [0, 0.05) is 41.8 Å². The third-order valence-electron chi connectivity index (χ3n) is 4.80. The van der Waals surface area contributed by atoms with Crippen LogP contribution in [-0.4, -0.2) is 16.4 Å². The first-order valence-electron chi connectivity index (χ1n) is 9.42. The lowest BCUT2D eigenvalue weighted by atomic mass is 10.0. The molecule has 0 radical (unpaired) electrons. The van der Waals surface area contributed by atoms with Gasteiger partial charge in [-0.1, -0.05) is 49.7 Å². The lowest BCUT2D eigenvalue weighted by Gasteiger charge is -2.24. The number of pyridine rings is 1. The Labute approximate surface area is 166 Å². The lowest BCUT2D eigenvalue weighted by Crippen LogP contribution is -2.28. The maximum absolute atomic E-state index is 12.7. The van der Waals surface area contributed by atoms with E-state index < -0.39 is 0 Å². The van der Waals surface area contributed by atoms with E-state index in [1.54, 1.807) is 6.07 Å². The number of hydrogen-bond acceptors (Lipinski definition) is 2. The van der Waals surface area contributed by atoms with Gasteiger partial charge >= 0.3 is 0 Å². The standard InChI is InChI=1S/C23H27ClN2O/c1-15(2)12-26(13-18-7-9-19(24)10-8-18)14-20-11-21(27)22-16(3)5-6-17(4)23(22)25-20/h5-11,15H,12-14H2,1-4H3,(H,25,27). The highest BCUT2D eigenvalue weighted by molar-refractivity contribution is 6.30. The Kier molecular flexibility index (Phi) is 6.03. The van der Waals surface area contributed by atoms with Crippen LogP contribution in [0, 0.1) is 19.8 Å². The molecule has 2 aromatic carbocycles. The number of benzene rings is 2. The van der Waals surface area contributed by atoms with Crippen molar-refractivity contribution < 1.29 is 0 Å². The van der Waals surface area contributed by atoms with Crippen molar-refractivity contribution in [2.24, 2.45) is 5.92 Å². The molecule has 0 unspecified atom stereocenters. The lowest BCUT2D eigenvalue weighted by molar-refractivity contribution is 0.225. The highest BCUT2D eigenvalue weighted by Gasteiger charge is 2.13. The number of aromatic nitrogens is 1. The fourth-order valence-corrected chi connectivity index (χ4v) is 3.72. The molecule has 0 atom stereocenters. The minimum atomic E-state index is 0.0935. The van der Waals surface area contributed by atoms with E-state index in [1.807, 2.05) is 32.0 Å². The highest BCUT2D eigenvalue weighted by Crippen LogP contribution is 2.19. The van der Waals surface area contributed by atoms with Crippen molar-refractivity contribution in [1.29, 1.82) is 0 Å². The normalized spacial score (nSPS) is 11.7. The Balaban J connectivity index is 1.92. The number of nitrogens with zero attached hydrogens (tertiary/aromatic N) is 1. The molecule has 0 fully saturated rings. The van der Waals surface area contributed by atoms with Crippen LogP contribution >= 0.6 is 11.6 Å². The second-order valence-electron chi connectivity index (χ2n) is 7.80. The van der Waals surface area contributed by atoms with Crippen LogP contribution in [-0.2, 0) is 13.1 Å². The zero-order valence-corrected chi connectivity index (χ0v) is 17.2. The number of H-pyrrole nitrogens is 1. The van der Waals surface area contributed by atoms with Gasteiger partial charge in [0.15, 0.2) is 5.43 Å². The number of hydrogen-bond donors (Lipinski definition) is 1. The SMILES string of the molecule is Cc1ccc(C)c2c(=O)cc(CN(Cc3ccc(Cl)cc3)CC(C)C)[nH]c12. The second kappa shape index (κ2) is 8.28. The highest BCUT2D eigenvalue weighted by atomic mass is 35.5. The molecule has 1 heterocycles. The molecule has 0 amide bonds. The van der Waals surface area contributed by atoms with Crippen molar-refractivity contribution in [3.05, 3.63) is 80.1 Å². The number of aryl methyl sites for hydroxylation is 2. The van der Waals surface area contributed by atoms with Crippen molar-refractivity contribution in [2.45, 2.75) is 40.8 Å². The first-order chi connectivity index (χ1) is 12.8. The molecule has 0 bridgehead atoms. The van der Waals surface area contributed by atoms with Crippen molar-refractivity contribution in [3.8, 4) is 0 Å². The van der Waals surface area contributed by atoms with Crippen molar-refractivity contribution in [3.63, 3.8) is 0 Å². The Morgan fingerprint density at radius 3 is 2.33 bits per heavy atom. The summed E-state index contributed by atoms with van der Waals surface area (Å²) in [6, 6.07) is 13.8. The third-order valence-corrected chi connectivity index (χ3v) is 5.05. The van der Waals surface area contributed by atoms with Gasteiger partial charge in [0.2, 0.25) is 0 Å². The predicted octanol–water partition coefficient (Wildman–Crippen LogP) is 5.46. The van der Waals surface area contributed by atoms with Crippen LogP contribution in [0.1, 0.15) is 36.2 Å². The van der Waals surface area contributed by atoms with Crippen LogP contribution in [0.15, 0.2) is 47.3 Å². The summed E-state index contributed by atoms with van der Waals surface area (Å²) >= 11 is 6.01. The molecule has 142 valence electrons. The molecular formula is C23H27ClN2O. The zero-order valence-electron chi connectivity index (χ0n) is 16.5. The molecule has 0 saturated carbocycles. The maximum Gasteiger partial charge on any atom is 0.189 e. The molecule has 3 nitrogen and oxygen atoms in total. The molecule has 3 aromatic rings. The van der Waals surface area contributed by atoms with Crippen LogP contribution < -0.4 is 5.43 Å². The molecule has 0 aliphatic carbocycles. The smallest absolute Gasteiger partial charge is 0.189 e. The van der Waals surface area contributed by atoms with Gasteiger partial charge in [-0.2, -0.15) is 0 Å². The predicted molar refractivity (Wildman–Crippen MR) is 114 cm³/mol. The molecule has 4 heteroatoms. The average Bonchev–Trinajstić information content (AvgIpc) is 2.59. The topological polar surface area (TPSA) is 36.1 Å². The van der Waals surface area contributed by atoms with E-state index in [-0.39, 0.29) is 5.43 Å². The van der Waals surface area contributed by atoms with Crippen molar-refractivity contribution in [2.75, 3.05) is 6.54 Å². The number of fused-ring (bicyclic) bond motifs is 1. The van der Waals surface area contributed by atoms with Gasteiger partial charge in [0.25, 0.3) is 0 Å². The Hall–Kier alpha value is -2.10. The van der Waals surface area contributed by atoms with Gasteiger partial charge < -0.3 is 4.98 Å².